The number of nitrogens with zero attached hydrogens (tertiary/aromatic N) is 2. The number of anilines is 1. The molecule has 2 rings (SSSR count). The van der Waals surface area contributed by atoms with E-state index >= 15 is 0 Å². The highest BCUT2D eigenvalue weighted by Gasteiger charge is 2.33. The van der Waals surface area contributed by atoms with Gasteiger partial charge in [-0.25, -0.2) is 4.79 Å². The lowest BCUT2D eigenvalue weighted by atomic mass is 10.1. The molecule has 1 aliphatic heterocycles. The highest BCUT2D eigenvalue weighted by Crippen LogP contribution is 2.34. The summed E-state index contributed by atoms with van der Waals surface area (Å²) in [6, 6.07) is 7.84. The molecule has 5 heteroatoms. The summed E-state index contributed by atoms with van der Waals surface area (Å²) in [5.74, 6) is 0.693. The van der Waals surface area contributed by atoms with E-state index in [0.717, 1.165) is 35.7 Å². The molecule has 1 saturated heterocycles. The SMILES string of the molecule is CCSc1cccc(N2CCCC2C(=O)OC)c1C#N. The Balaban J connectivity index is 2.39. The van der Waals surface area contributed by atoms with Gasteiger partial charge in [-0.1, -0.05) is 13.0 Å². The quantitative estimate of drug-likeness (QED) is 0.630. The smallest absolute Gasteiger partial charge is 0.328 e. The number of carbonyl (C=O) groups excluding carboxylic acids is 1. The topological polar surface area (TPSA) is 53.3 Å². The summed E-state index contributed by atoms with van der Waals surface area (Å²) in [7, 11) is 1.41. The van der Waals surface area contributed by atoms with Crippen LogP contribution in [0.2, 0.25) is 0 Å². The molecule has 0 amide bonds. The molecular formula is C15H18N2O2S. The van der Waals surface area contributed by atoms with Crippen LogP contribution in [-0.2, 0) is 9.53 Å². The van der Waals surface area contributed by atoms with Crippen LogP contribution in [0.5, 0.6) is 0 Å². The standard InChI is InChI=1S/C15H18N2O2S/c1-3-20-14-8-4-6-12(11(14)10-16)17-9-5-7-13(17)15(18)19-2/h4,6,8,13H,3,5,7,9H2,1-2H3. The van der Waals surface area contributed by atoms with Crippen molar-refractivity contribution in [2.24, 2.45) is 0 Å². The molecule has 1 aromatic rings. The Morgan fingerprint density at radius 1 is 1.60 bits per heavy atom. The molecule has 1 atom stereocenters. The van der Waals surface area contributed by atoms with Gasteiger partial charge in [0.2, 0.25) is 0 Å². The molecule has 20 heavy (non-hydrogen) atoms. The zero-order valence-corrected chi connectivity index (χ0v) is 12.6. The molecule has 106 valence electrons. The number of hydrogen-bond donors (Lipinski definition) is 0. The third-order valence-electron chi connectivity index (χ3n) is 3.45. The van der Waals surface area contributed by atoms with Gasteiger partial charge in [0.05, 0.1) is 18.4 Å². The maximum Gasteiger partial charge on any atom is 0.328 e. The fraction of sp³-hybridized carbons (Fsp3) is 0.467. The maximum atomic E-state index is 11.9. The van der Waals surface area contributed by atoms with E-state index in [0.29, 0.717) is 5.56 Å². The fourth-order valence-corrected chi connectivity index (χ4v) is 3.36. The van der Waals surface area contributed by atoms with E-state index in [1.54, 1.807) is 11.8 Å². The van der Waals surface area contributed by atoms with Gasteiger partial charge in [-0.15, -0.1) is 11.8 Å². The number of rotatable bonds is 4. The predicted molar refractivity (Wildman–Crippen MR) is 79.9 cm³/mol. The number of ether oxygens (including phenoxy) is 1. The number of esters is 1. The van der Waals surface area contributed by atoms with Crippen LogP contribution in [0.15, 0.2) is 23.1 Å². The van der Waals surface area contributed by atoms with E-state index in [1.165, 1.54) is 7.11 Å². The van der Waals surface area contributed by atoms with Gasteiger partial charge in [0.1, 0.15) is 12.1 Å². The lowest BCUT2D eigenvalue weighted by Crippen LogP contribution is -2.37. The summed E-state index contributed by atoms with van der Waals surface area (Å²) in [6.45, 7) is 2.85. The minimum absolute atomic E-state index is 0.222. The molecule has 0 aromatic heterocycles. The van der Waals surface area contributed by atoms with Crippen molar-refractivity contribution in [2.75, 3.05) is 24.3 Å². The lowest BCUT2D eigenvalue weighted by Gasteiger charge is -2.26. The summed E-state index contributed by atoms with van der Waals surface area (Å²) in [5.41, 5.74) is 1.51. The van der Waals surface area contributed by atoms with Crippen LogP contribution < -0.4 is 4.90 Å². The first-order valence-electron chi connectivity index (χ1n) is 6.73. The summed E-state index contributed by atoms with van der Waals surface area (Å²) in [6.07, 6.45) is 1.72. The average molecular weight is 290 g/mol. The highest BCUT2D eigenvalue weighted by atomic mass is 32.2. The van der Waals surface area contributed by atoms with Crippen molar-refractivity contribution >= 4 is 23.4 Å². The Morgan fingerprint density at radius 3 is 3.05 bits per heavy atom. The lowest BCUT2D eigenvalue weighted by molar-refractivity contribution is -0.141. The second-order valence-electron chi connectivity index (χ2n) is 4.57. The molecule has 4 nitrogen and oxygen atoms in total. The van der Waals surface area contributed by atoms with Crippen LogP contribution in [0.25, 0.3) is 0 Å². The summed E-state index contributed by atoms with van der Waals surface area (Å²) in [4.78, 5) is 14.8. The van der Waals surface area contributed by atoms with Crippen molar-refractivity contribution in [3.05, 3.63) is 23.8 Å². The molecule has 1 aliphatic rings. The molecule has 0 bridgehead atoms. The Bertz CT molecular complexity index is 539. The number of benzene rings is 1. The molecule has 1 unspecified atom stereocenters. The zero-order valence-electron chi connectivity index (χ0n) is 11.8. The van der Waals surface area contributed by atoms with Crippen LogP contribution >= 0.6 is 11.8 Å². The van der Waals surface area contributed by atoms with Crippen LogP contribution in [0.1, 0.15) is 25.3 Å². The zero-order chi connectivity index (χ0) is 14.5. The van der Waals surface area contributed by atoms with Crippen molar-refractivity contribution in [3.8, 4) is 6.07 Å². The van der Waals surface area contributed by atoms with Gasteiger partial charge in [-0.3, -0.25) is 0 Å². The van der Waals surface area contributed by atoms with Crippen LogP contribution in [0.4, 0.5) is 5.69 Å². The van der Waals surface area contributed by atoms with Gasteiger partial charge in [0, 0.05) is 11.4 Å². The first-order valence-corrected chi connectivity index (χ1v) is 7.71. The molecule has 0 radical (unpaired) electrons. The third kappa shape index (κ3) is 2.75. The van der Waals surface area contributed by atoms with Gasteiger partial charge >= 0.3 is 5.97 Å². The van der Waals surface area contributed by atoms with Crippen LogP contribution in [0.3, 0.4) is 0 Å². The molecule has 0 aliphatic carbocycles. The second kappa shape index (κ2) is 6.67. The average Bonchev–Trinajstić information content (AvgIpc) is 2.95. The predicted octanol–water partition coefficient (Wildman–Crippen LogP) is 2.81. The van der Waals surface area contributed by atoms with Crippen molar-refractivity contribution in [2.45, 2.75) is 30.7 Å². The Hall–Kier alpha value is -1.67. The monoisotopic (exact) mass is 290 g/mol. The molecule has 0 saturated carbocycles. The van der Waals surface area contributed by atoms with Crippen molar-refractivity contribution in [3.63, 3.8) is 0 Å². The van der Waals surface area contributed by atoms with E-state index in [2.05, 4.69) is 13.0 Å². The largest absolute Gasteiger partial charge is 0.467 e. The third-order valence-corrected chi connectivity index (χ3v) is 4.39. The second-order valence-corrected chi connectivity index (χ2v) is 5.88. The van der Waals surface area contributed by atoms with E-state index in [9.17, 15) is 10.1 Å². The van der Waals surface area contributed by atoms with E-state index in [-0.39, 0.29) is 12.0 Å². The Labute approximate surface area is 123 Å². The van der Waals surface area contributed by atoms with Crippen molar-refractivity contribution in [1.82, 2.24) is 0 Å². The van der Waals surface area contributed by atoms with Crippen LogP contribution in [-0.4, -0.2) is 31.4 Å². The number of methoxy groups -OCH3 is 1. The summed E-state index contributed by atoms with van der Waals surface area (Å²) in [5, 5.41) is 9.46. The Morgan fingerprint density at radius 2 is 2.40 bits per heavy atom. The van der Waals surface area contributed by atoms with Crippen molar-refractivity contribution < 1.29 is 9.53 Å². The summed E-state index contributed by atoms with van der Waals surface area (Å²) >= 11 is 1.65. The van der Waals surface area contributed by atoms with E-state index in [1.807, 2.05) is 23.1 Å². The minimum Gasteiger partial charge on any atom is -0.467 e. The summed E-state index contributed by atoms with van der Waals surface area (Å²) < 4.78 is 4.87. The van der Waals surface area contributed by atoms with E-state index in [4.69, 9.17) is 4.74 Å². The molecule has 0 spiro atoms. The van der Waals surface area contributed by atoms with Gasteiger partial charge in [0.15, 0.2) is 0 Å². The fourth-order valence-electron chi connectivity index (χ4n) is 2.58. The normalized spacial score (nSPS) is 17.9. The first-order chi connectivity index (χ1) is 9.72. The van der Waals surface area contributed by atoms with Gasteiger partial charge in [-0.05, 0) is 30.7 Å². The highest BCUT2D eigenvalue weighted by molar-refractivity contribution is 7.99. The molecule has 1 fully saturated rings. The first kappa shape index (κ1) is 14.7. The van der Waals surface area contributed by atoms with Gasteiger partial charge < -0.3 is 9.64 Å². The minimum atomic E-state index is -0.269. The van der Waals surface area contributed by atoms with Gasteiger partial charge in [0.25, 0.3) is 0 Å². The number of carbonyl (C=O) groups is 1. The molecular weight excluding hydrogens is 272 g/mol. The van der Waals surface area contributed by atoms with Crippen molar-refractivity contribution in [1.29, 1.82) is 5.26 Å². The maximum absolute atomic E-state index is 11.9. The number of thioether (sulfide) groups is 1. The number of nitriles is 1. The molecule has 1 heterocycles. The number of hydrogen-bond acceptors (Lipinski definition) is 5. The molecule has 1 aromatic carbocycles. The van der Waals surface area contributed by atoms with Gasteiger partial charge in [-0.2, -0.15) is 5.26 Å². The van der Waals surface area contributed by atoms with Crippen LogP contribution in [0, 0.1) is 11.3 Å². The molecule has 0 N–H and O–H groups in total. The Kier molecular flexibility index (Phi) is 4.91. The van der Waals surface area contributed by atoms with E-state index < -0.39 is 0 Å².